The first-order valence-electron chi connectivity index (χ1n) is 8.97. The second-order valence-electron chi connectivity index (χ2n) is 6.45. The number of aromatic nitrogens is 4. The lowest BCUT2D eigenvalue weighted by molar-refractivity contribution is -0.0439. The summed E-state index contributed by atoms with van der Waals surface area (Å²) in [5.41, 5.74) is 2.88. The zero-order valence-electron chi connectivity index (χ0n) is 15.9. The SMILES string of the molecule is COP(=O)(OC)OC[C@H]1O[C@@H](n2cnc3c(-c4ccccc4)ncnc32)C[C@@H]1O. The lowest BCUT2D eigenvalue weighted by atomic mass is 10.1. The maximum absolute atomic E-state index is 12.0. The quantitative estimate of drug-likeness (QED) is 0.575. The second kappa shape index (κ2) is 8.27. The third kappa shape index (κ3) is 3.95. The Morgan fingerprint density at radius 1 is 1.21 bits per heavy atom. The number of imidazole rings is 1. The first-order chi connectivity index (χ1) is 14.0. The van der Waals surface area contributed by atoms with Gasteiger partial charge in [0.2, 0.25) is 0 Å². The third-order valence-electron chi connectivity index (χ3n) is 4.76. The molecule has 3 aromatic rings. The molecule has 1 aliphatic rings. The van der Waals surface area contributed by atoms with Gasteiger partial charge in [-0.25, -0.2) is 19.5 Å². The van der Waals surface area contributed by atoms with Crippen molar-refractivity contribution in [1.82, 2.24) is 19.5 Å². The molecule has 1 aliphatic heterocycles. The number of benzene rings is 1. The predicted octanol–water partition coefficient (Wildman–Crippen LogP) is 2.56. The van der Waals surface area contributed by atoms with Gasteiger partial charge >= 0.3 is 7.82 Å². The molecule has 0 unspecified atom stereocenters. The molecule has 0 amide bonds. The van der Waals surface area contributed by atoms with Crippen molar-refractivity contribution in [2.45, 2.75) is 24.9 Å². The van der Waals surface area contributed by atoms with Crippen molar-refractivity contribution in [2.75, 3.05) is 20.8 Å². The number of phosphoric ester groups is 1. The maximum atomic E-state index is 12.0. The van der Waals surface area contributed by atoms with Crippen LogP contribution in [-0.2, 0) is 22.9 Å². The number of nitrogens with zero attached hydrogens (tertiary/aromatic N) is 4. The maximum Gasteiger partial charge on any atom is 0.474 e. The average Bonchev–Trinajstić information content (AvgIpc) is 3.35. The number of ether oxygens (including phenoxy) is 1. The fourth-order valence-corrected chi connectivity index (χ4v) is 3.94. The second-order valence-corrected chi connectivity index (χ2v) is 8.34. The Balaban J connectivity index is 1.56. The highest BCUT2D eigenvalue weighted by molar-refractivity contribution is 7.48. The first kappa shape index (κ1) is 20.1. The minimum atomic E-state index is -3.65. The number of phosphoric acid groups is 1. The predicted molar refractivity (Wildman–Crippen MR) is 103 cm³/mol. The molecular weight excluding hydrogens is 399 g/mol. The van der Waals surface area contributed by atoms with Crippen molar-refractivity contribution in [3.05, 3.63) is 43.0 Å². The molecule has 3 heterocycles. The van der Waals surface area contributed by atoms with Gasteiger partial charge in [-0.1, -0.05) is 30.3 Å². The summed E-state index contributed by atoms with van der Waals surface area (Å²) in [6.45, 7) is -0.145. The fourth-order valence-electron chi connectivity index (χ4n) is 3.25. The van der Waals surface area contributed by atoms with Crippen LogP contribution < -0.4 is 0 Å². The molecule has 1 fully saturated rings. The van der Waals surface area contributed by atoms with Gasteiger partial charge < -0.3 is 9.84 Å². The Bertz CT molecular complexity index is 1020. The lowest BCUT2D eigenvalue weighted by Crippen LogP contribution is -2.26. The van der Waals surface area contributed by atoms with E-state index in [2.05, 4.69) is 15.0 Å². The molecular formula is C18H21N4O6P. The highest BCUT2D eigenvalue weighted by Gasteiger charge is 2.38. The van der Waals surface area contributed by atoms with Crippen LogP contribution >= 0.6 is 7.82 Å². The first-order valence-corrected chi connectivity index (χ1v) is 10.4. The monoisotopic (exact) mass is 420 g/mol. The van der Waals surface area contributed by atoms with Crippen LogP contribution in [0.25, 0.3) is 22.4 Å². The molecule has 0 spiro atoms. The summed E-state index contributed by atoms with van der Waals surface area (Å²) in [5, 5.41) is 10.4. The highest BCUT2D eigenvalue weighted by Crippen LogP contribution is 2.48. The normalized spacial score (nSPS) is 22.4. The van der Waals surface area contributed by atoms with E-state index in [9.17, 15) is 9.67 Å². The molecule has 2 aromatic heterocycles. The number of aliphatic hydroxyl groups excluding tert-OH is 1. The van der Waals surface area contributed by atoms with Crippen LogP contribution in [0.4, 0.5) is 0 Å². The number of aliphatic hydroxyl groups is 1. The largest absolute Gasteiger partial charge is 0.474 e. The fraction of sp³-hybridized carbons (Fsp3) is 0.389. The van der Waals surface area contributed by atoms with Gasteiger partial charge in [0, 0.05) is 26.2 Å². The van der Waals surface area contributed by atoms with Gasteiger partial charge in [0.25, 0.3) is 0 Å². The van der Waals surface area contributed by atoms with Crippen molar-refractivity contribution in [1.29, 1.82) is 0 Å². The van der Waals surface area contributed by atoms with Gasteiger partial charge in [-0.2, -0.15) is 0 Å². The van der Waals surface area contributed by atoms with E-state index in [1.165, 1.54) is 20.5 Å². The summed E-state index contributed by atoms with van der Waals surface area (Å²) in [6.07, 6.45) is 1.35. The van der Waals surface area contributed by atoms with Crippen LogP contribution in [-0.4, -0.2) is 57.7 Å². The lowest BCUT2D eigenvalue weighted by Gasteiger charge is -2.18. The van der Waals surface area contributed by atoms with Crippen LogP contribution in [0.3, 0.4) is 0 Å². The van der Waals surface area contributed by atoms with Crippen LogP contribution in [0.15, 0.2) is 43.0 Å². The molecule has 1 saturated heterocycles. The number of hydrogen-bond acceptors (Lipinski definition) is 9. The molecule has 0 bridgehead atoms. The minimum absolute atomic E-state index is 0.145. The Morgan fingerprint density at radius 3 is 2.69 bits per heavy atom. The van der Waals surface area contributed by atoms with Crippen molar-refractivity contribution in [2.24, 2.45) is 0 Å². The number of hydrogen-bond donors (Lipinski definition) is 1. The molecule has 3 atom stereocenters. The summed E-state index contributed by atoms with van der Waals surface area (Å²) >= 11 is 0. The molecule has 29 heavy (non-hydrogen) atoms. The van der Waals surface area contributed by atoms with Gasteiger partial charge in [0.15, 0.2) is 5.65 Å². The molecule has 1 N–H and O–H groups in total. The number of rotatable bonds is 7. The standard InChI is InChI=1S/C18H21N4O6P/c1-25-29(24,26-2)27-9-14-13(23)8-15(28-14)22-11-21-17-16(19-10-20-18(17)22)12-6-4-3-5-7-12/h3-7,10-11,13-15,23H,8-9H2,1-2H3/t13-,14+,15+/m0/s1. The molecule has 0 saturated carbocycles. The number of fused-ring (bicyclic) bond motifs is 1. The molecule has 10 nitrogen and oxygen atoms in total. The third-order valence-corrected chi connectivity index (χ3v) is 6.12. The van der Waals surface area contributed by atoms with Gasteiger partial charge in [-0.15, -0.1) is 0 Å². The van der Waals surface area contributed by atoms with E-state index in [1.54, 1.807) is 10.9 Å². The zero-order valence-corrected chi connectivity index (χ0v) is 16.8. The van der Waals surface area contributed by atoms with Crippen LogP contribution in [0.2, 0.25) is 0 Å². The van der Waals surface area contributed by atoms with Crippen LogP contribution in [0.1, 0.15) is 12.6 Å². The Hall–Kier alpha value is -2.20. The van der Waals surface area contributed by atoms with E-state index in [0.29, 0.717) is 23.3 Å². The van der Waals surface area contributed by atoms with Crippen molar-refractivity contribution in [3.8, 4) is 11.3 Å². The van der Waals surface area contributed by atoms with Crippen molar-refractivity contribution >= 4 is 19.0 Å². The molecule has 0 radical (unpaired) electrons. The van der Waals surface area contributed by atoms with Gasteiger partial charge in [0.05, 0.1) is 19.0 Å². The Labute approximate surface area is 167 Å². The topological polar surface area (TPSA) is 118 Å². The van der Waals surface area contributed by atoms with Crippen molar-refractivity contribution < 1.29 is 28.0 Å². The molecule has 154 valence electrons. The molecule has 1 aromatic carbocycles. The van der Waals surface area contributed by atoms with Crippen LogP contribution in [0, 0.1) is 0 Å². The van der Waals surface area contributed by atoms with E-state index in [1.807, 2.05) is 30.3 Å². The average molecular weight is 420 g/mol. The van der Waals surface area contributed by atoms with Gasteiger partial charge in [-0.3, -0.25) is 18.1 Å². The highest BCUT2D eigenvalue weighted by atomic mass is 31.2. The molecule has 0 aliphatic carbocycles. The smallest absolute Gasteiger partial charge is 0.390 e. The molecule has 4 rings (SSSR count). The summed E-state index contributed by atoms with van der Waals surface area (Å²) in [7, 11) is -1.20. The summed E-state index contributed by atoms with van der Waals surface area (Å²) in [4.78, 5) is 13.2. The van der Waals surface area contributed by atoms with Crippen molar-refractivity contribution in [3.63, 3.8) is 0 Å². The minimum Gasteiger partial charge on any atom is -0.390 e. The Kier molecular flexibility index (Phi) is 5.73. The van der Waals surface area contributed by atoms with E-state index < -0.39 is 26.3 Å². The molecule has 11 heteroatoms. The Morgan fingerprint density at radius 2 is 1.97 bits per heavy atom. The van der Waals surface area contributed by atoms with E-state index >= 15 is 0 Å². The van der Waals surface area contributed by atoms with E-state index in [0.717, 1.165) is 5.56 Å². The summed E-state index contributed by atoms with van der Waals surface area (Å²) < 4.78 is 34.4. The zero-order chi connectivity index (χ0) is 20.4. The van der Waals surface area contributed by atoms with Gasteiger partial charge in [0.1, 0.15) is 29.9 Å². The summed E-state index contributed by atoms with van der Waals surface area (Å²) in [5.74, 6) is 0. The van der Waals surface area contributed by atoms with E-state index in [-0.39, 0.29) is 6.61 Å². The van der Waals surface area contributed by atoms with E-state index in [4.69, 9.17) is 18.3 Å². The van der Waals surface area contributed by atoms with Gasteiger partial charge in [-0.05, 0) is 0 Å². The van der Waals surface area contributed by atoms with Crippen LogP contribution in [0.5, 0.6) is 0 Å². The summed E-state index contributed by atoms with van der Waals surface area (Å²) in [6, 6.07) is 9.70.